The SMILES string of the molecule is CCOC(=O)CC(Nc1ccccc1C)C(N)=O. The number of amides is 1. The van der Waals surface area contributed by atoms with Crippen molar-refractivity contribution in [2.75, 3.05) is 11.9 Å². The van der Waals surface area contributed by atoms with Crippen molar-refractivity contribution >= 4 is 17.6 Å². The molecule has 5 nitrogen and oxygen atoms in total. The number of carbonyl (C=O) groups is 2. The van der Waals surface area contributed by atoms with Crippen LogP contribution in [0.4, 0.5) is 5.69 Å². The van der Waals surface area contributed by atoms with Crippen molar-refractivity contribution in [1.82, 2.24) is 0 Å². The van der Waals surface area contributed by atoms with Gasteiger partial charge in [-0.3, -0.25) is 9.59 Å². The van der Waals surface area contributed by atoms with Crippen LogP contribution in [-0.4, -0.2) is 24.5 Å². The molecular formula is C13H18N2O3. The Hall–Kier alpha value is -2.04. The van der Waals surface area contributed by atoms with Crippen LogP contribution in [0.1, 0.15) is 18.9 Å². The fourth-order valence-electron chi connectivity index (χ4n) is 1.53. The van der Waals surface area contributed by atoms with Crippen molar-refractivity contribution in [2.24, 2.45) is 5.73 Å². The molecular weight excluding hydrogens is 232 g/mol. The molecule has 98 valence electrons. The van der Waals surface area contributed by atoms with Crippen molar-refractivity contribution in [3.8, 4) is 0 Å². The summed E-state index contributed by atoms with van der Waals surface area (Å²) >= 11 is 0. The second kappa shape index (κ2) is 6.64. The van der Waals surface area contributed by atoms with E-state index in [1.54, 1.807) is 6.92 Å². The van der Waals surface area contributed by atoms with E-state index < -0.39 is 17.9 Å². The summed E-state index contributed by atoms with van der Waals surface area (Å²) in [7, 11) is 0. The maximum absolute atomic E-state index is 11.4. The van der Waals surface area contributed by atoms with Gasteiger partial charge in [0.15, 0.2) is 0 Å². The first kappa shape index (κ1) is 14.0. The smallest absolute Gasteiger partial charge is 0.308 e. The zero-order valence-electron chi connectivity index (χ0n) is 10.6. The Morgan fingerprint density at radius 3 is 2.61 bits per heavy atom. The lowest BCUT2D eigenvalue weighted by Gasteiger charge is -2.17. The summed E-state index contributed by atoms with van der Waals surface area (Å²) in [6, 6.07) is 6.72. The lowest BCUT2D eigenvalue weighted by atomic mass is 10.1. The Balaban J connectivity index is 2.72. The van der Waals surface area contributed by atoms with E-state index in [0.29, 0.717) is 0 Å². The number of primary amides is 1. The number of benzene rings is 1. The van der Waals surface area contributed by atoms with Crippen LogP contribution in [0, 0.1) is 6.92 Å². The third kappa shape index (κ3) is 4.08. The minimum absolute atomic E-state index is 0.0719. The number of hydrogen-bond donors (Lipinski definition) is 2. The summed E-state index contributed by atoms with van der Waals surface area (Å²) in [5.41, 5.74) is 7.03. The summed E-state index contributed by atoms with van der Waals surface area (Å²) in [6.07, 6.45) is -0.0719. The van der Waals surface area contributed by atoms with E-state index in [4.69, 9.17) is 10.5 Å². The quantitative estimate of drug-likeness (QED) is 0.744. The molecule has 1 rings (SSSR count). The van der Waals surface area contributed by atoms with Gasteiger partial charge >= 0.3 is 5.97 Å². The molecule has 0 saturated heterocycles. The minimum Gasteiger partial charge on any atom is -0.466 e. The molecule has 1 amide bonds. The zero-order chi connectivity index (χ0) is 13.5. The summed E-state index contributed by atoms with van der Waals surface area (Å²) in [5.74, 6) is -1.02. The molecule has 1 atom stereocenters. The van der Waals surface area contributed by atoms with E-state index in [1.165, 1.54) is 0 Å². The van der Waals surface area contributed by atoms with Gasteiger partial charge < -0.3 is 15.8 Å². The van der Waals surface area contributed by atoms with Gasteiger partial charge in [0.1, 0.15) is 6.04 Å². The minimum atomic E-state index is -0.759. The van der Waals surface area contributed by atoms with Crippen molar-refractivity contribution in [1.29, 1.82) is 0 Å². The van der Waals surface area contributed by atoms with Gasteiger partial charge in [-0.15, -0.1) is 0 Å². The number of rotatable bonds is 6. The lowest BCUT2D eigenvalue weighted by molar-refractivity contribution is -0.144. The van der Waals surface area contributed by atoms with Crippen LogP contribution >= 0.6 is 0 Å². The maximum Gasteiger partial charge on any atom is 0.308 e. The lowest BCUT2D eigenvalue weighted by Crippen LogP contribution is -2.37. The summed E-state index contributed by atoms with van der Waals surface area (Å²) in [5, 5.41) is 2.96. The second-order valence-corrected chi connectivity index (χ2v) is 3.92. The van der Waals surface area contributed by atoms with E-state index >= 15 is 0 Å². The maximum atomic E-state index is 11.4. The van der Waals surface area contributed by atoms with Crippen LogP contribution in [0.2, 0.25) is 0 Å². The van der Waals surface area contributed by atoms with Crippen LogP contribution < -0.4 is 11.1 Å². The van der Waals surface area contributed by atoms with Gasteiger partial charge in [0.2, 0.25) is 5.91 Å². The zero-order valence-corrected chi connectivity index (χ0v) is 10.6. The van der Waals surface area contributed by atoms with Gasteiger partial charge in [0.25, 0.3) is 0 Å². The van der Waals surface area contributed by atoms with Gasteiger partial charge in [-0.25, -0.2) is 0 Å². The third-order valence-corrected chi connectivity index (χ3v) is 2.49. The van der Waals surface area contributed by atoms with Crippen molar-refractivity contribution in [3.05, 3.63) is 29.8 Å². The highest BCUT2D eigenvalue weighted by Gasteiger charge is 2.20. The Morgan fingerprint density at radius 2 is 2.06 bits per heavy atom. The molecule has 3 N–H and O–H groups in total. The highest BCUT2D eigenvalue weighted by molar-refractivity contribution is 5.88. The molecule has 0 aliphatic rings. The molecule has 0 heterocycles. The molecule has 0 bridgehead atoms. The van der Waals surface area contributed by atoms with E-state index in [2.05, 4.69) is 5.32 Å². The highest BCUT2D eigenvalue weighted by atomic mass is 16.5. The molecule has 1 aromatic carbocycles. The fraction of sp³-hybridized carbons (Fsp3) is 0.385. The first-order valence-electron chi connectivity index (χ1n) is 5.81. The van der Waals surface area contributed by atoms with Gasteiger partial charge in [0.05, 0.1) is 13.0 Å². The van der Waals surface area contributed by atoms with Gasteiger partial charge in [0, 0.05) is 5.69 Å². The van der Waals surface area contributed by atoms with E-state index in [9.17, 15) is 9.59 Å². The van der Waals surface area contributed by atoms with Crippen molar-refractivity contribution in [2.45, 2.75) is 26.3 Å². The second-order valence-electron chi connectivity index (χ2n) is 3.92. The molecule has 0 radical (unpaired) electrons. The number of aryl methyl sites for hydroxylation is 1. The van der Waals surface area contributed by atoms with Crippen molar-refractivity contribution < 1.29 is 14.3 Å². The standard InChI is InChI=1S/C13H18N2O3/c1-3-18-12(16)8-11(13(14)17)15-10-7-5-4-6-9(10)2/h4-7,11,15H,3,8H2,1-2H3,(H2,14,17). The Kier molecular flexibility index (Phi) is 5.17. The predicted octanol–water partition coefficient (Wildman–Crippen LogP) is 1.21. The summed E-state index contributed by atoms with van der Waals surface area (Å²) < 4.78 is 4.80. The number of esters is 1. The third-order valence-electron chi connectivity index (χ3n) is 2.49. The number of carbonyl (C=O) groups excluding carboxylic acids is 2. The van der Waals surface area contributed by atoms with E-state index in [-0.39, 0.29) is 13.0 Å². The molecule has 5 heteroatoms. The van der Waals surface area contributed by atoms with Gasteiger partial charge in [-0.1, -0.05) is 18.2 Å². The summed E-state index contributed by atoms with van der Waals surface area (Å²) in [4.78, 5) is 22.7. The van der Waals surface area contributed by atoms with E-state index in [1.807, 2.05) is 31.2 Å². The number of anilines is 1. The van der Waals surface area contributed by atoms with Crippen LogP contribution in [0.3, 0.4) is 0 Å². The van der Waals surface area contributed by atoms with Crippen LogP contribution in [-0.2, 0) is 14.3 Å². The molecule has 0 fully saturated rings. The first-order valence-corrected chi connectivity index (χ1v) is 5.81. The predicted molar refractivity (Wildman–Crippen MR) is 69.0 cm³/mol. The molecule has 0 saturated carbocycles. The fourth-order valence-corrected chi connectivity index (χ4v) is 1.53. The molecule has 0 aromatic heterocycles. The number of nitrogens with two attached hydrogens (primary N) is 1. The monoisotopic (exact) mass is 250 g/mol. The average molecular weight is 250 g/mol. The van der Waals surface area contributed by atoms with Gasteiger partial charge in [-0.05, 0) is 25.5 Å². The van der Waals surface area contributed by atoms with Crippen LogP contribution in [0.15, 0.2) is 24.3 Å². The molecule has 0 spiro atoms. The van der Waals surface area contributed by atoms with Crippen LogP contribution in [0.5, 0.6) is 0 Å². The number of nitrogens with one attached hydrogen (secondary N) is 1. The molecule has 1 unspecified atom stereocenters. The number of hydrogen-bond acceptors (Lipinski definition) is 4. The number of para-hydroxylation sites is 1. The van der Waals surface area contributed by atoms with Crippen molar-refractivity contribution in [3.63, 3.8) is 0 Å². The Bertz CT molecular complexity index is 432. The highest BCUT2D eigenvalue weighted by Crippen LogP contribution is 2.15. The Labute approximate surface area is 106 Å². The number of ether oxygens (including phenoxy) is 1. The average Bonchev–Trinajstić information content (AvgIpc) is 2.31. The topological polar surface area (TPSA) is 81.4 Å². The summed E-state index contributed by atoms with van der Waals surface area (Å²) in [6.45, 7) is 3.91. The molecule has 1 aromatic rings. The largest absolute Gasteiger partial charge is 0.466 e. The normalized spacial score (nSPS) is 11.7. The van der Waals surface area contributed by atoms with Gasteiger partial charge in [-0.2, -0.15) is 0 Å². The molecule has 0 aliphatic heterocycles. The van der Waals surface area contributed by atoms with Crippen LogP contribution in [0.25, 0.3) is 0 Å². The first-order chi connectivity index (χ1) is 8.54. The molecule has 0 aliphatic carbocycles. The molecule has 18 heavy (non-hydrogen) atoms. The Morgan fingerprint density at radius 1 is 1.39 bits per heavy atom. The van der Waals surface area contributed by atoms with E-state index in [0.717, 1.165) is 11.3 Å².